The third-order valence-electron chi connectivity index (χ3n) is 5.09. The number of hydrogen-bond donors (Lipinski definition) is 3. The van der Waals surface area contributed by atoms with Gasteiger partial charge in [-0.05, 0) is 18.2 Å². The summed E-state index contributed by atoms with van der Waals surface area (Å²) < 4.78 is 7.79. The van der Waals surface area contributed by atoms with Crippen LogP contribution in [0, 0.1) is 5.41 Å². The van der Waals surface area contributed by atoms with Crippen LogP contribution < -0.4 is 15.4 Å². The predicted octanol–water partition coefficient (Wildman–Crippen LogP) is 3.11. The second kappa shape index (κ2) is 10.4. The lowest BCUT2D eigenvalue weighted by Gasteiger charge is -2.16. The van der Waals surface area contributed by atoms with E-state index in [9.17, 15) is 4.79 Å². The summed E-state index contributed by atoms with van der Waals surface area (Å²) in [4.78, 5) is 25.9. The van der Waals surface area contributed by atoms with Crippen LogP contribution in [0.2, 0.25) is 0 Å². The second-order valence-electron chi connectivity index (χ2n) is 7.46. The maximum atomic E-state index is 12.2. The minimum absolute atomic E-state index is 0.250. The Morgan fingerprint density at radius 2 is 2.27 bits per heavy atom. The summed E-state index contributed by atoms with van der Waals surface area (Å²) in [6.07, 6.45) is 8.62. The van der Waals surface area contributed by atoms with E-state index in [-0.39, 0.29) is 24.6 Å². The number of fused-ring (bicyclic) bond motifs is 1. The zero-order chi connectivity index (χ0) is 23.0. The fourth-order valence-corrected chi connectivity index (χ4v) is 3.48. The Morgan fingerprint density at radius 3 is 3.12 bits per heavy atom. The molecule has 0 radical (unpaired) electrons. The van der Waals surface area contributed by atoms with Gasteiger partial charge in [-0.3, -0.25) is 4.99 Å². The maximum Gasteiger partial charge on any atom is 0.319 e. The van der Waals surface area contributed by atoms with Crippen molar-refractivity contribution in [2.24, 2.45) is 10.1 Å². The molecule has 2 aromatic heterocycles. The lowest BCUT2D eigenvalue weighted by atomic mass is 10.0. The number of nitrogens with zero attached hydrogens (tertiary/aromatic N) is 4. The van der Waals surface area contributed by atoms with Crippen molar-refractivity contribution in [2.45, 2.75) is 18.4 Å². The van der Waals surface area contributed by atoms with E-state index in [2.05, 4.69) is 25.8 Å². The molecular formula is C23H25N7O3. The van der Waals surface area contributed by atoms with Crippen LogP contribution in [0.5, 0.6) is 5.75 Å². The molecule has 3 aromatic rings. The highest BCUT2D eigenvalue weighted by atomic mass is 16.7. The van der Waals surface area contributed by atoms with Crippen molar-refractivity contribution in [2.75, 3.05) is 25.5 Å². The molecule has 0 saturated heterocycles. The van der Waals surface area contributed by atoms with E-state index in [1.165, 1.54) is 6.21 Å². The number of anilines is 1. The van der Waals surface area contributed by atoms with Crippen LogP contribution in [-0.4, -0.2) is 59.9 Å². The van der Waals surface area contributed by atoms with E-state index in [0.29, 0.717) is 24.5 Å². The van der Waals surface area contributed by atoms with Crippen LogP contribution in [-0.2, 0) is 4.84 Å². The molecule has 33 heavy (non-hydrogen) atoms. The first-order valence-corrected chi connectivity index (χ1v) is 10.5. The van der Waals surface area contributed by atoms with Crippen LogP contribution in [0.25, 0.3) is 5.65 Å². The van der Waals surface area contributed by atoms with Gasteiger partial charge < -0.3 is 30.0 Å². The van der Waals surface area contributed by atoms with Gasteiger partial charge in [-0.1, -0.05) is 23.4 Å². The number of para-hydroxylation sites is 1. The lowest BCUT2D eigenvalue weighted by Crippen LogP contribution is -2.33. The van der Waals surface area contributed by atoms with E-state index >= 15 is 0 Å². The molecule has 0 bridgehead atoms. The molecule has 170 valence electrons. The van der Waals surface area contributed by atoms with Crippen molar-refractivity contribution in [3.63, 3.8) is 0 Å². The first-order chi connectivity index (χ1) is 16.2. The highest BCUT2D eigenvalue weighted by Gasteiger charge is 2.23. The summed E-state index contributed by atoms with van der Waals surface area (Å²) in [5.74, 6) is 0.426. The molecule has 2 amide bonds. The smallest absolute Gasteiger partial charge is 0.319 e. The third kappa shape index (κ3) is 5.53. The number of ether oxygens (including phenoxy) is 1. The van der Waals surface area contributed by atoms with Crippen molar-refractivity contribution in [3.8, 4) is 5.75 Å². The number of aliphatic imine (C=N–C) groups is 1. The molecule has 0 spiro atoms. The van der Waals surface area contributed by atoms with E-state index in [0.717, 1.165) is 16.9 Å². The standard InChI is InChI=1S/C23H25N7O3/c1-25-12-16(11-24)20-4-2-3-5-21(20)32-15-19-10-18(29-33-19)13-27-23(31)28-17-6-7-22-26-8-9-30(22)14-17/h2-9,11-12,14,16,19,24H,10,13,15H2,1H3,(H2,27,28,31). The molecule has 1 aliphatic rings. The molecule has 2 unspecified atom stereocenters. The average molecular weight is 447 g/mol. The van der Waals surface area contributed by atoms with E-state index < -0.39 is 0 Å². The van der Waals surface area contributed by atoms with Crippen molar-refractivity contribution in [3.05, 3.63) is 60.6 Å². The molecule has 0 saturated carbocycles. The molecular weight excluding hydrogens is 422 g/mol. The Morgan fingerprint density at radius 1 is 1.39 bits per heavy atom. The molecule has 2 atom stereocenters. The van der Waals surface area contributed by atoms with Gasteiger partial charge in [-0.2, -0.15) is 0 Å². The minimum Gasteiger partial charge on any atom is -0.489 e. The molecule has 3 heterocycles. The molecule has 1 aromatic carbocycles. The highest BCUT2D eigenvalue weighted by molar-refractivity contribution is 5.94. The van der Waals surface area contributed by atoms with Gasteiger partial charge in [-0.25, -0.2) is 9.78 Å². The van der Waals surface area contributed by atoms with E-state index in [4.69, 9.17) is 15.0 Å². The monoisotopic (exact) mass is 447 g/mol. The number of carbonyl (C=O) groups excluding carboxylic acids is 1. The van der Waals surface area contributed by atoms with Crippen molar-refractivity contribution in [1.82, 2.24) is 14.7 Å². The summed E-state index contributed by atoms with van der Waals surface area (Å²) in [6.45, 7) is 0.574. The Hall–Kier alpha value is -4.21. The number of pyridine rings is 1. The molecule has 0 fully saturated rings. The Bertz CT molecular complexity index is 1190. The zero-order valence-electron chi connectivity index (χ0n) is 18.1. The van der Waals surface area contributed by atoms with Crippen LogP contribution in [0.15, 0.2) is 65.1 Å². The normalized spacial score (nSPS) is 16.3. The molecule has 10 nitrogen and oxygen atoms in total. The topological polar surface area (TPSA) is 125 Å². The number of carbonyl (C=O) groups is 1. The molecule has 4 rings (SSSR count). The van der Waals surface area contributed by atoms with Gasteiger partial charge in [0, 0.05) is 50.1 Å². The second-order valence-corrected chi connectivity index (χ2v) is 7.46. The van der Waals surface area contributed by atoms with Crippen molar-refractivity contribution in [1.29, 1.82) is 5.41 Å². The summed E-state index contributed by atoms with van der Waals surface area (Å²) in [6, 6.07) is 10.8. The SMILES string of the molecule is CN=CC(C=N)c1ccccc1OCC1CC(CNC(=O)Nc2ccc3nccn3c2)=NO1. The summed E-state index contributed by atoms with van der Waals surface area (Å²) in [5.41, 5.74) is 3.06. The van der Waals surface area contributed by atoms with Crippen LogP contribution >= 0.6 is 0 Å². The van der Waals surface area contributed by atoms with Crippen molar-refractivity contribution < 1.29 is 14.4 Å². The summed E-state index contributed by atoms with van der Waals surface area (Å²) in [5, 5.41) is 17.3. The first kappa shape index (κ1) is 22.0. The number of amides is 2. The first-order valence-electron chi connectivity index (χ1n) is 10.5. The number of nitrogens with one attached hydrogen (secondary N) is 3. The fourth-order valence-electron chi connectivity index (χ4n) is 3.48. The van der Waals surface area contributed by atoms with Gasteiger partial charge in [-0.15, -0.1) is 0 Å². The molecule has 10 heteroatoms. The van der Waals surface area contributed by atoms with Gasteiger partial charge >= 0.3 is 6.03 Å². The van der Waals surface area contributed by atoms with Gasteiger partial charge in [0.1, 0.15) is 18.0 Å². The Kier molecular flexibility index (Phi) is 6.93. The summed E-state index contributed by atoms with van der Waals surface area (Å²) in [7, 11) is 1.68. The number of rotatable bonds is 9. The van der Waals surface area contributed by atoms with Gasteiger partial charge in [0.15, 0.2) is 6.10 Å². The number of urea groups is 1. The number of benzene rings is 1. The number of oxime groups is 1. The quantitative estimate of drug-likeness (QED) is 0.436. The Labute approximate surface area is 190 Å². The number of imidazole rings is 1. The number of aromatic nitrogens is 2. The van der Waals surface area contributed by atoms with E-state index in [1.807, 2.05) is 40.9 Å². The Balaban J connectivity index is 1.24. The minimum atomic E-state index is -0.332. The zero-order valence-corrected chi connectivity index (χ0v) is 18.1. The van der Waals surface area contributed by atoms with Crippen LogP contribution in [0.1, 0.15) is 17.9 Å². The highest BCUT2D eigenvalue weighted by Crippen LogP contribution is 2.25. The molecule has 0 aliphatic carbocycles. The maximum absolute atomic E-state index is 12.2. The van der Waals surface area contributed by atoms with Crippen molar-refractivity contribution >= 4 is 35.5 Å². The van der Waals surface area contributed by atoms with Gasteiger partial charge in [0.05, 0.1) is 23.9 Å². The van der Waals surface area contributed by atoms with Crippen LogP contribution in [0.3, 0.4) is 0 Å². The van der Waals surface area contributed by atoms with Crippen LogP contribution in [0.4, 0.5) is 10.5 Å². The summed E-state index contributed by atoms with van der Waals surface area (Å²) >= 11 is 0. The predicted molar refractivity (Wildman–Crippen MR) is 127 cm³/mol. The van der Waals surface area contributed by atoms with Gasteiger partial charge in [0.25, 0.3) is 0 Å². The largest absolute Gasteiger partial charge is 0.489 e. The molecule has 1 aliphatic heterocycles. The molecule has 3 N–H and O–H groups in total. The number of hydrogen-bond acceptors (Lipinski definition) is 7. The van der Waals surface area contributed by atoms with Gasteiger partial charge in [0.2, 0.25) is 0 Å². The third-order valence-corrected chi connectivity index (χ3v) is 5.09. The fraction of sp³-hybridized carbons (Fsp3) is 0.261. The lowest BCUT2D eigenvalue weighted by molar-refractivity contribution is 0.0468. The average Bonchev–Trinajstić information content (AvgIpc) is 3.49. The van der Waals surface area contributed by atoms with E-state index in [1.54, 1.807) is 31.7 Å².